The number of anilines is 1. The number of fused-ring (bicyclic) bond motifs is 1. The van der Waals surface area contributed by atoms with E-state index >= 15 is 0 Å². The van der Waals surface area contributed by atoms with Crippen molar-refractivity contribution in [1.82, 2.24) is 25.1 Å². The first-order valence-electron chi connectivity index (χ1n) is 5.45. The van der Waals surface area contributed by atoms with Crippen molar-refractivity contribution in [2.75, 3.05) is 11.9 Å². The van der Waals surface area contributed by atoms with Gasteiger partial charge in [-0.05, 0) is 12.1 Å². The summed E-state index contributed by atoms with van der Waals surface area (Å²) in [6.07, 6.45) is 2.30. The van der Waals surface area contributed by atoms with E-state index in [2.05, 4.69) is 30.5 Å². The quantitative estimate of drug-likeness (QED) is 0.629. The molecule has 3 aromatic rings. The summed E-state index contributed by atoms with van der Waals surface area (Å²) in [4.78, 5) is 11.7. The third-order valence-electron chi connectivity index (χ3n) is 2.51. The van der Waals surface area contributed by atoms with Crippen LogP contribution in [0.4, 0.5) is 5.95 Å². The highest BCUT2D eigenvalue weighted by Crippen LogP contribution is 2.12. The van der Waals surface area contributed by atoms with Crippen LogP contribution in [-0.2, 0) is 6.42 Å². The Balaban J connectivity index is 1.65. The largest absolute Gasteiger partial charge is 0.355 e. The van der Waals surface area contributed by atoms with Crippen LogP contribution in [0.5, 0.6) is 0 Å². The standard InChI is InChI=1S/C11H12N6/c1-2-4-9-8(3-1)15-11(16-9)12-6-5-10-13-7-14-17-10/h1-4,7H,5-6H2,(H2,12,15,16)(H,13,14,17). The molecule has 0 radical (unpaired) electrons. The molecule has 0 saturated heterocycles. The molecule has 0 aliphatic rings. The van der Waals surface area contributed by atoms with Crippen molar-refractivity contribution in [3.63, 3.8) is 0 Å². The lowest BCUT2D eigenvalue weighted by Gasteiger charge is -1.99. The molecule has 0 saturated carbocycles. The molecule has 0 aliphatic carbocycles. The molecule has 0 spiro atoms. The predicted octanol–water partition coefficient (Wildman–Crippen LogP) is 1.34. The van der Waals surface area contributed by atoms with Gasteiger partial charge in [0.25, 0.3) is 0 Å². The van der Waals surface area contributed by atoms with Crippen LogP contribution in [0.15, 0.2) is 30.6 Å². The van der Waals surface area contributed by atoms with E-state index in [-0.39, 0.29) is 0 Å². The zero-order valence-electron chi connectivity index (χ0n) is 9.14. The van der Waals surface area contributed by atoms with E-state index in [0.717, 1.165) is 35.8 Å². The van der Waals surface area contributed by atoms with E-state index in [0.29, 0.717) is 0 Å². The predicted molar refractivity (Wildman–Crippen MR) is 64.7 cm³/mol. The number of benzene rings is 1. The second-order valence-electron chi connectivity index (χ2n) is 3.71. The number of para-hydroxylation sites is 2. The number of hydrogen-bond acceptors (Lipinski definition) is 4. The summed E-state index contributed by atoms with van der Waals surface area (Å²) >= 11 is 0. The van der Waals surface area contributed by atoms with E-state index < -0.39 is 0 Å². The fourth-order valence-corrected chi connectivity index (χ4v) is 1.69. The van der Waals surface area contributed by atoms with Crippen LogP contribution in [-0.4, -0.2) is 31.7 Å². The molecule has 0 fully saturated rings. The Morgan fingerprint density at radius 2 is 2.18 bits per heavy atom. The summed E-state index contributed by atoms with van der Waals surface area (Å²) in [7, 11) is 0. The molecule has 0 atom stereocenters. The van der Waals surface area contributed by atoms with Gasteiger partial charge in [0.2, 0.25) is 5.95 Å². The van der Waals surface area contributed by atoms with Crippen LogP contribution >= 0.6 is 0 Å². The van der Waals surface area contributed by atoms with Crippen LogP contribution in [0.3, 0.4) is 0 Å². The number of rotatable bonds is 4. The molecule has 86 valence electrons. The van der Waals surface area contributed by atoms with Gasteiger partial charge in [-0.1, -0.05) is 12.1 Å². The Labute approximate surface area is 97.5 Å². The summed E-state index contributed by atoms with van der Waals surface area (Å²) in [5, 5.41) is 9.83. The van der Waals surface area contributed by atoms with E-state index in [4.69, 9.17) is 0 Å². The normalized spacial score (nSPS) is 10.8. The van der Waals surface area contributed by atoms with E-state index in [9.17, 15) is 0 Å². The maximum Gasteiger partial charge on any atom is 0.201 e. The molecule has 3 N–H and O–H groups in total. The maximum absolute atomic E-state index is 4.42. The van der Waals surface area contributed by atoms with Gasteiger partial charge in [-0.3, -0.25) is 5.10 Å². The Morgan fingerprint density at radius 1 is 1.24 bits per heavy atom. The van der Waals surface area contributed by atoms with Crippen molar-refractivity contribution >= 4 is 17.0 Å². The van der Waals surface area contributed by atoms with Gasteiger partial charge in [0.1, 0.15) is 12.2 Å². The molecule has 1 aromatic carbocycles. The number of aromatic amines is 2. The molecule has 0 aliphatic heterocycles. The molecule has 3 rings (SSSR count). The third-order valence-corrected chi connectivity index (χ3v) is 2.51. The molecule has 0 unspecified atom stereocenters. The van der Waals surface area contributed by atoms with E-state index in [1.807, 2.05) is 24.3 Å². The lowest BCUT2D eigenvalue weighted by Crippen LogP contribution is -2.07. The topological polar surface area (TPSA) is 82.3 Å². The molecule has 0 amide bonds. The second-order valence-corrected chi connectivity index (χ2v) is 3.71. The Hall–Kier alpha value is -2.37. The van der Waals surface area contributed by atoms with Gasteiger partial charge >= 0.3 is 0 Å². The Bertz CT molecular complexity index is 564. The average Bonchev–Trinajstić information content (AvgIpc) is 2.96. The molecule has 6 heteroatoms. The minimum Gasteiger partial charge on any atom is -0.355 e. The van der Waals surface area contributed by atoms with Crippen molar-refractivity contribution in [3.8, 4) is 0 Å². The van der Waals surface area contributed by atoms with Crippen molar-refractivity contribution in [2.45, 2.75) is 6.42 Å². The van der Waals surface area contributed by atoms with Crippen molar-refractivity contribution in [1.29, 1.82) is 0 Å². The number of H-pyrrole nitrogens is 2. The maximum atomic E-state index is 4.42. The first-order valence-corrected chi connectivity index (χ1v) is 5.45. The van der Waals surface area contributed by atoms with Crippen LogP contribution in [0.2, 0.25) is 0 Å². The summed E-state index contributed by atoms with van der Waals surface area (Å²) in [5.74, 6) is 1.65. The fourth-order valence-electron chi connectivity index (χ4n) is 1.69. The first kappa shape index (κ1) is 9.83. The SMILES string of the molecule is c1ccc2[nH]c(NCCc3ncn[nH]3)nc2c1. The van der Waals surface area contributed by atoms with E-state index in [1.54, 1.807) is 0 Å². The molecule has 2 heterocycles. The zero-order valence-corrected chi connectivity index (χ0v) is 9.14. The van der Waals surface area contributed by atoms with Gasteiger partial charge in [-0.2, -0.15) is 5.10 Å². The van der Waals surface area contributed by atoms with E-state index in [1.165, 1.54) is 6.33 Å². The average molecular weight is 228 g/mol. The highest BCUT2D eigenvalue weighted by Gasteiger charge is 2.01. The number of imidazole rings is 1. The van der Waals surface area contributed by atoms with Crippen LogP contribution < -0.4 is 5.32 Å². The zero-order chi connectivity index (χ0) is 11.5. The van der Waals surface area contributed by atoms with Crippen molar-refractivity contribution < 1.29 is 0 Å². The number of nitrogens with one attached hydrogen (secondary N) is 3. The smallest absolute Gasteiger partial charge is 0.201 e. The van der Waals surface area contributed by atoms with Gasteiger partial charge in [-0.15, -0.1) is 0 Å². The van der Waals surface area contributed by atoms with Crippen LogP contribution in [0.25, 0.3) is 11.0 Å². The van der Waals surface area contributed by atoms with Crippen LogP contribution in [0, 0.1) is 0 Å². The monoisotopic (exact) mass is 228 g/mol. The van der Waals surface area contributed by atoms with Gasteiger partial charge in [0.15, 0.2) is 0 Å². The lowest BCUT2D eigenvalue weighted by atomic mass is 10.3. The van der Waals surface area contributed by atoms with Gasteiger partial charge in [-0.25, -0.2) is 9.97 Å². The molecule has 6 nitrogen and oxygen atoms in total. The molecule has 2 aromatic heterocycles. The number of aromatic nitrogens is 5. The second kappa shape index (κ2) is 4.25. The lowest BCUT2D eigenvalue weighted by molar-refractivity contribution is 0.895. The first-order chi connectivity index (χ1) is 8.42. The molecular formula is C11H12N6. The molecular weight excluding hydrogens is 216 g/mol. The van der Waals surface area contributed by atoms with Gasteiger partial charge in [0.05, 0.1) is 11.0 Å². The molecule has 0 bridgehead atoms. The summed E-state index contributed by atoms with van der Waals surface area (Å²) in [6, 6.07) is 7.94. The van der Waals surface area contributed by atoms with Gasteiger partial charge in [0, 0.05) is 13.0 Å². The van der Waals surface area contributed by atoms with Crippen molar-refractivity contribution in [2.24, 2.45) is 0 Å². The molecule has 17 heavy (non-hydrogen) atoms. The summed E-state index contributed by atoms with van der Waals surface area (Å²) in [5.41, 5.74) is 2.00. The fraction of sp³-hybridized carbons (Fsp3) is 0.182. The number of nitrogens with zero attached hydrogens (tertiary/aromatic N) is 3. The van der Waals surface area contributed by atoms with Crippen LogP contribution in [0.1, 0.15) is 5.82 Å². The third kappa shape index (κ3) is 2.10. The van der Waals surface area contributed by atoms with Crippen molar-refractivity contribution in [3.05, 3.63) is 36.4 Å². The summed E-state index contributed by atoms with van der Waals surface area (Å²) in [6.45, 7) is 0.759. The number of hydrogen-bond donors (Lipinski definition) is 3. The Kier molecular flexibility index (Phi) is 2.45. The summed E-state index contributed by atoms with van der Waals surface area (Å²) < 4.78 is 0. The minimum atomic E-state index is 0.759. The highest BCUT2D eigenvalue weighted by atomic mass is 15.2. The highest BCUT2D eigenvalue weighted by molar-refractivity contribution is 5.77. The minimum absolute atomic E-state index is 0.759. The Morgan fingerprint density at radius 3 is 3.00 bits per heavy atom. The van der Waals surface area contributed by atoms with Gasteiger partial charge < -0.3 is 10.3 Å².